The molecule has 4 rings (SSSR count). The zero-order chi connectivity index (χ0) is 19.0. The van der Waals surface area contributed by atoms with Crippen LogP contribution < -0.4 is 10.1 Å². The van der Waals surface area contributed by atoms with Crippen molar-refractivity contribution in [3.8, 4) is 17.2 Å². The third kappa shape index (κ3) is 2.89. The molecule has 0 radical (unpaired) electrons. The zero-order valence-corrected chi connectivity index (χ0v) is 15.0. The molecule has 0 N–H and O–H groups in total. The Balaban J connectivity index is 1.93. The molecule has 0 amide bonds. The highest BCUT2D eigenvalue weighted by Gasteiger charge is 2.22. The average Bonchev–Trinajstić information content (AvgIpc) is 3.03. The summed E-state index contributed by atoms with van der Waals surface area (Å²) >= 11 is 0. The van der Waals surface area contributed by atoms with Crippen LogP contribution in [0.5, 0.6) is 0 Å². The fourth-order valence-corrected chi connectivity index (χ4v) is 3.29. The molecule has 6 heteroatoms. The van der Waals surface area contributed by atoms with Crippen molar-refractivity contribution in [1.82, 2.24) is 9.56 Å². The Morgan fingerprint density at radius 3 is 2.63 bits per heavy atom. The molecular weight excluding hydrogens is 340 g/mol. The normalized spacial score (nSPS) is 10.9. The second-order valence-corrected chi connectivity index (χ2v) is 6.41. The summed E-state index contributed by atoms with van der Waals surface area (Å²) in [6.07, 6.45) is 3.61. The van der Waals surface area contributed by atoms with E-state index >= 15 is 0 Å². The number of aromatic nitrogens is 3. The van der Waals surface area contributed by atoms with Crippen LogP contribution in [-0.4, -0.2) is 9.56 Å². The molecule has 0 saturated carbocycles. The molecule has 0 fully saturated rings. The molecule has 0 atom stereocenters. The van der Waals surface area contributed by atoms with Crippen LogP contribution in [0.2, 0.25) is 0 Å². The summed E-state index contributed by atoms with van der Waals surface area (Å²) in [5.74, 6) is 0.616. The molecule has 27 heavy (non-hydrogen) atoms. The van der Waals surface area contributed by atoms with E-state index in [1.807, 2.05) is 48.0 Å². The van der Waals surface area contributed by atoms with Crippen molar-refractivity contribution in [3.63, 3.8) is 0 Å². The quantitative estimate of drug-likeness (QED) is 0.529. The number of fused-ring (bicyclic) bond motifs is 1. The van der Waals surface area contributed by atoms with Gasteiger partial charge < -0.3 is 4.52 Å². The first kappa shape index (κ1) is 16.7. The van der Waals surface area contributed by atoms with Gasteiger partial charge in [-0.05, 0) is 37.6 Å². The Hall–Kier alpha value is -3.72. The zero-order valence-electron chi connectivity index (χ0n) is 15.0. The van der Waals surface area contributed by atoms with Crippen molar-refractivity contribution >= 4 is 5.65 Å². The maximum Gasteiger partial charge on any atom is 0.350 e. The van der Waals surface area contributed by atoms with E-state index in [-0.39, 0.29) is 5.56 Å². The maximum atomic E-state index is 13.1. The minimum absolute atomic E-state index is 0.115. The standard InChI is InChI=1S/C21H17N4O2/c1-14-20(15(2)27-23-14)18-13-24(12-17-8-6-16(11-22)7-9-17)19-5-3-4-10-25(19)21(18)26/h3-10,13H,12H2,1-2H3/q+1. The molecule has 4 aromatic rings. The number of pyridine rings is 1. The Bertz CT molecular complexity index is 1220. The number of rotatable bonds is 3. The van der Waals surface area contributed by atoms with Crippen LogP contribution in [0.3, 0.4) is 0 Å². The number of nitriles is 1. The fraction of sp³-hybridized carbons (Fsp3) is 0.143. The first-order chi connectivity index (χ1) is 13.1. The van der Waals surface area contributed by atoms with Gasteiger partial charge in [-0.3, -0.25) is 0 Å². The minimum atomic E-state index is -0.115. The monoisotopic (exact) mass is 357 g/mol. The Morgan fingerprint density at radius 1 is 1.19 bits per heavy atom. The van der Waals surface area contributed by atoms with E-state index in [9.17, 15) is 4.79 Å². The van der Waals surface area contributed by atoms with E-state index in [1.165, 1.54) is 0 Å². The minimum Gasteiger partial charge on any atom is -0.361 e. The van der Waals surface area contributed by atoms with Crippen molar-refractivity contribution in [2.24, 2.45) is 0 Å². The molecule has 6 nitrogen and oxygen atoms in total. The first-order valence-electron chi connectivity index (χ1n) is 8.54. The Morgan fingerprint density at radius 2 is 1.96 bits per heavy atom. The van der Waals surface area contributed by atoms with Crippen LogP contribution in [0, 0.1) is 25.2 Å². The molecule has 0 saturated heterocycles. The van der Waals surface area contributed by atoms with Crippen LogP contribution in [-0.2, 0) is 6.54 Å². The lowest BCUT2D eigenvalue weighted by Gasteiger charge is -2.07. The van der Waals surface area contributed by atoms with Gasteiger partial charge in [-0.1, -0.05) is 23.4 Å². The number of hydrogen-bond donors (Lipinski definition) is 0. The smallest absolute Gasteiger partial charge is 0.350 e. The van der Waals surface area contributed by atoms with Gasteiger partial charge in [0.2, 0.25) is 0 Å². The van der Waals surface area contributed by atoms with E-state index in [0.29, 0.717) is 29.1 Å². The van der Waals surface area contributed by atoms with Gasteiger partial charge >= 0.3 is 5.56 Å². The summed E-state index contributed by atoms with van der Waals surface area (Å²) in [7, 11) is 0. The van der Waals surface area contributed by atoms with Crippen LogP contribution >= 0.6 is 0 Å². The molecule has 0 aliphatic rings. The lowest BCUT2D eigenvalue weighted by Crippen LogP contribution is -2.40. The lowest BCUT2D eigenvalue weighted by atomic mass is 10.1. The largest absolute Gasteiger partial charge is 0.361 e. The van der Waals surface area contributed by atoms with Crippen LogP contribution in [0.4, 0.5) is 0 Å². The third-order valence-corrected chi connectivity index (χ3v) is 4.61. The summed E-state index contributed by atoms with van der Waals surface area (Å²) in [5.41, 5.74) is 4.28. The second-order valence-electron chi connectivity index (χ2n) is 6.41. The fourth-order valence-electron chi connectivity index (χ4n) is 3.29. The molecule has 3 aromatic heterocycles. The van der Waals surface area contributed by atoms with E-state index in [1.54, 1.807) is 29.7 Å². The van der Waals surface area contributed by atoms with Crippen LogP contribution in [0.15, 0.2) is 64.2 Å². The highest BCUT2D eigenvalue weighted by molar-refractivity contribution is 5.66. The highest BCUT2D eigenvalue weighted by Crippen LogP contribution is 2.23. The third-order valence-electron chi connectivity index (χ3n) is 4.61. The Kier molecular flexibility index (Phi) is 4.05. The number of hydrogen-bond acceptors (Lipinski definition) is 4. The van der Waals surface area contributed by atoms with E-state index in [4.69, 9.17) is 9.78 Å². The molecular formula is C21H17N4O2+. The highest BCUT2D eigenvalue weighted by atomic mass is 16.5. The van der Waals surface area contributed by atoms with Crippen molar-refractivity contribution in [2.45, 2.75) is 20.4 Å². The molecule has 1 aromatic carbocycles. The average molecular weight is 357 g/mol. The molecule has 3 heterocycles. The number of nitrogens with zero attached hydrogens (tertiary/aromatic N) is 4. The predicted octanol–water partition coefficient (Wildman–Crippen LogP) is 2.78. The van der Waals surface area contributed by atoms with Gasteiger partial charge in [0, 0.05) is 6.07 Å². The molecule has 0 unspecified atom stereocenters. The molecule has 0 spiro atoms. The van der Waals surface area contributed by atoms with E-state index in [0.717, 1.165) is 16.8 Å². The molecule has 0 aliphatic heterocycles. The van der Waals surface area contributed by atoms with Crippen molar-refractivity contribution in [2.75, 3.05) is 0 Å². The van der Waals surface area contributed by atoms with E-state index in [2.05, 4.69) is 11.2 Å². The van der Waals surface area contributed by atoms with Gasteiger partial charge in [0.05, 0.1) is 29.1 Å². The molecule has 132 valence electrons. The van der Waals surface area contributed by atoms with Gasteiger partial charge in [0.1, 0.15) is 24.1 Å². The molecule has 0 aliphatic carbocycles. The predicted molar refractivity (Wildman–Crippen MR) is 99.1 cm³/mol. The number of aryl methyl sites for hydroxylation is 2. The van der Waals surface area contributed by atoms with Gasteiger partial charge in [-0.25, -0.2) is 9.36 Å². The van der Waals surface area contributed by atoms with Crippen molar-refractivity contribution in [3.05, 3.63) is 87.8 Å². The first-order valence-corrected chi connectivity index (χ1v) is 8.54. The summed E-state index contributed by atoms with van der Waals surface area (Å²) in [6.45, 7) is 4.20. The van der Waals surface area contributed by atoms with Crippen LogP contribution in [0.1, 0.15) is 22.6 Å². The van der Waals surface area contributed by atoms with Gasteiger partial charge in [0.25, 0.3) is 5.65 Å². The number of benzene rings is 1. The maximum absolute atomic E-state index is 13.1. The second kappa shape index (κ2) is 6.54. The molecule has 0 bridgehead atoms. The van der Waals surface area contributed by atoms with Gasteiger partial charge in [-0.2, -0.15) is 9.66 Å². The SMILES string of the molecule is Cc1noc(C)c1-c1c[n+](Cc2ccc(C#N)cc2)c2ccccn2c1=O. The lowest BCUT2D eigenvalue weighted by molar-refractivity contribution is -0.665. The van der Waals surface area contributed by atoms with Crippen LogP contribution in [0.25, 0.3) is 16.8 Å². The summed E-state index contributed by atoms with van der Waals surface area (Å²) < 4.78 is 8.91. The van der Waals surface area contributed by atoms with E-state index < -0.39 is 0 Å². The summed E-state index contributed by atoms with van der Waals surface area (Å²) in [5, 5.41) is 13.0. The summed E-state index contributed by atoms with van der Waals surface area (Å²) in [4.78, 5) is 13.1. The van der Waals surface area contributed by atoms with Crippen molar-refractivity contribution < 1.29 is 9.09 Å². The summed E-state index contributed by atoms with van der Waals surface area (Å²) in [6, 6.07) is 15.2. The van der Waals surface area contributed by atoms with Crippen molar-refractivity contribution in [1.29, 1.82) is 5.26 Å². The Labute approximate surface area is 155 Å². The topological polar surface area (TPSA) is 75.2 Å². The van der Waals surface area contributed by atoms with Gasteiger partial charge in [0.15, 0.2) is 0 Å². The van der Waals surface area contributed by atoms with Gasteiger partial charge in [-0.15, -0.1) is 0 Å².